The lowest BCUT2D eigenvalue weighted by Gasteiger charge is -2.30. The van der Waals surface area contributed by atoms with Crippen molar-refractivity contribution in [3.63, 3.8) is 0 Å². The Morgan fingerprint density at radius 1 is 1.39 bits per heavy atom. The number of nitrogens with zero attached hydrogens (tertiary/aromatic N) is 2. The average molecular weight is 319 g/mol. The van der Waals surface area contributed by atoms with E-state index in [9.17, 15) is 4.79 Å². The molecule has 1 atom stereocenters. The molecule has 1 heterocycles. The van der Waals surface area contributed by atoms with Crippen LogP contribution in [-0.2, 0) is 9.53 Å². The molecular weight excluding hydrogens is 290 g/mol. The number of morpholine rings is 1. The van der Waals surface area contributed by atoms with E-state index < -0.39 is 0 Å². The molecule has 0 bridgehead atoms. The quantitative estimate of drug-likeness (QED) is 0.875. The maximum absolute atomic E-state index is 12.2. The summed E-state index contributed by atoms with van der Waals surface area (Å²) in [5, 5.41) is 2.98. The van der Waals surface area contributed by atoms with Crippen molar-refractivity contribution in [2.24, 2.45) is 0 Å². The van der Waals surface area contributed by atoms with Crippen LogP contribution in [0.3, 0.4) is 0 Å². The molecule has 5 nitrogen and oxygen atoms in total. The summed E-state index contributed by atoms with van der Waals surface area (Å²) in [5.41, 5.74) is 2.03. The summed E-state index contributed by atoms with van der Waals surface area (Å²) in [5.74, 6) is 0.0306. The highest BCUT2D eigenvalue weighted by atomic mass is 16.5. The molecule has 0 aromatic heterocycles. The van der Waals surface area contributed by atoms with Gasteiger partial charge in [0.1, 0.15) is 0 Å². The smallest absolute Gasteiger partial charge is 0.238 e. The number of hydrogen-bond acceptors (Lipinski definition) is 4. The molecule has 1 unspecified atom stereocenters. The first-order valence-corrected chi connectivity index (χ1v) is 8.50. The van der Waals surface area contributed by atoms with Crippen molar-refractivity contribution in [2.45, 2.75) is 39.8 Å². The fourth-order valence-electron chi connectivity index (χ4n) is 3.02. The number of nitrogens with one attached hydrogen (secondary N) is 1. The molecule has 1 aliphatic rings. The highest BCUT2D eigenvalue weighted by Gasteiger charge is 2.19. The highest BCUT2D eigenvalue weighted by molar-refractivity contribution is 5.92. The van der Waals surface area contributed by atoms with Crippen molar-refractivity contribution in [3.8, 4) is 0 Å². The van der Waals surface area contributed by atoms with Gasteiger partial charge in [-0.15, -0.1) is 0 Å². The van der Waals surface area contributed by atoms with Crippen molar-refractivity contribution >= 4 is 17.3 Å². The minimum absolute atomic E-state index is 0.0306. The van der Waals surface area contributed by atoms with E-state index >= 15 is 0 Å². The molecule has 1 fully saturated rings. The number of amides is 1. The van der Waals surface area contributed by atoms with Crippen LogP contribution in [0.5, 0.6) is 0 Å². The summed E-state index contributed by atoms with van der Waals surface area (Å²) in [6.45, 7) is 12.3. The van der Waals surface area contributed by atoms with Gasteiger partial charge in [0.25, 0.3) is 0 Å². The molecule has 23 heavy (non-hydrogen) atoms. The zero-order chi connectivity index (χ0) is 16.8. The molecular formula is C18H29N3O2. The van der Waals surface area contributed by atoms with Gasteiger partial charge in [-0.3, -0.25) is 9.69 Å². The summed E-state index contributed by atoms with van der Waals surface area (Å²) in [6, 6.07) is 8.54. The maximum Gasteiger partial charge on any atom is 0.238 e. The molecule has 1 aliphatic heterocycles. The Bertz CT molecular complexity index is 501. The van der Waals surface area contributed by atoms with E-state index in [2.05, 4.69) is 48.0 Å². The Morgan fingerprint density at radius 3 is 2.65 bits per heavy atom. The molecule has 128 valence electrons. The van der Waals surface area contributed by atoms with Gasteiger partial charge in [-0.05, 0) is 52.0 Å². The maximum atomic E-state index is 12.2. The standard InChI is InChI=1S/C18H29N3O2/c1-5-21(14(2)3)17-8-6-16(7-9-17)19-18(22)13-20-10-11-23-15(4)12-20/h6-9,14-15H,5,10-13H2,1-4H3,(H,19,22). The second-order valence-electron chi connectivity index (χ2n) is 6.39. The molecule has 0 radical (unpaired) electrons. The zero-order valence-electron chi connectivity index (χ0n) is 14.7. The molecule has 0 aliphatic carbocycles. The third-order valence-electron chi connectivity index (χ3n) is 4.14. The highest BCUT2D eigenvalue weighted by Crippen LogP contribution is 2.20. The van der Waals surface area contributed by atoms with Crippen LogP contribution in [-0.4, -0.2) is 55.7 Å². The van der Waals surface area contributed by atoms with Crippen LogP contribution in [0.2, 0.25) is 0 Å². The number of benzene rings is 1. The number of carbonyl (C=O) groups is 1. The number of hydrogen-bond donors (Lipinski definition) is 1. The molecule has 1 aromatic rings. The first-order valence-electron chi connectivity index (χ1n) is 8.50. The Labute approximate surface area is 139 Å². The van der Waals surface area contributed by atoms with Crippen molar-refractivity contribution < 1.29 is 9.53 Å². The third-order valence-corrected chi connectivity index (χ3v) is 4.14. The van der Waals surface area contributed by atoms with Gasteiger partial charge in [0.15, 0.2) is 0 Å². The molecule has 2 rings (SSSR count). The Kier molecular flexibility index (Phi) is 6.42. The van der Waals surface area contributed by atoms with Gasteiger partial charge in [-0.25, -0.2) is 0 Å². The van der Waals surface area contributed by atoms with Gasteiger partial charge in [0, 0.05) is 37.1 Å². The Balaban J connectivity index is 1.88. The van der Waals surface area contributed by atoms with Crippen molar-refractivity contribution in [1.82, 2.24) is 4.90 Å². The Hall–Kier alpha value is -1.59. The number of carbonyl (C=O) groups excluding carboxylic acids is 1. The molecule has 0 saturated carbocycles. The van der Waals surface area contributed by atoms with Gasteiger partial charge in [0.05, 0.1) is 19.3 Å². The minimum Gasteiger partial charge on any atom is -0.376 e. The topological polar surface area (TPSA) is 44.8 Å². The van der Waals surface area contributed by atoms with Crippen LogP contribution in [0.25, 0.3) is 0 Å². The fraction of sp³-hybridized carbons (Fsp3) is 0.611. The lowest BCUT2D eigenvalue weighted by atomic mass is 10.2. The predicted molar refractivity (Wildman–Crippen MR) is 95.1 cm³/mol. The van der Waals surface area contributed by atoms with E-state index in [1.54, 1.807) is 0 Å². The van der Waals surface area contributed by atoms with Gasteiger partial charge >= 0.3 is 0 Å². The van der Waals surface area contributed by atoms with Crippen LogP contribution < -0.4 is 10.2 Å². The largest absolute Gasteiger partial charge is 0.376 e. The van der Waals surface area contributed by atoms with E-state index in [0.717, 1.165) is 25.3 Å². The van der Waals surface area contributed by atoms with E-state index in [1.807, 2.05) is 19.1 Å². The van der Waals surface area contributed by atoms with Crippen LogP contribution in [0, 0.1) is 0 Å². The van der Waals surface area contributed by atoms with Gasteiger partial charge in [0.2, 0.25) is 5.91 Å². The number of anilines is 2. The fourth-order valence-corrected chi connectivity index (χ4v) is 3.02. The lowest BCUT2D eigenvalue weighted by molar-refractivity contribution is -0.119. The lowest BCUT2D eigenvalue weighted by Crippen LogP contribution is -2.44. The van der Waals surface area contributed by atoms with Crippen LogP contribution >= 0.6 is 0 Å². The van der Waals surface area contributed by atoms with Gasteiger partial charge < -0.3 is 15.0 Å². The summed E-state index contributed by atoms with van der Waals surface area (Å²) in [4.78, 5) is 16.6. The first-order chi connectivity index (χ1) is 11.0. The van der Waals surface area contributed by atoms with Crippen LogP contribution in [0.15, 0.2) is 24.3 Å². The Morgan fingerprint density at radius 2 is 2.09 bits per heavy atom. The molecule has 5 heteroatoms. The number of rotatable bonds is 6. The number of ether oxygens (including phenoxy) is 1. The van der Waals surface area contributed by atoms with E-state index in [4.69, 9.17) is 4.74 Å². The van der Waals surface area contributed by atoms with Crippen LogP contribution in [0.4, 0.5) is 11.4 Å². The summed E-state index contributed by atoms with van der Waals surface area (Å²) in [6.07, 6.45) is 0.201. The third kappa shape index (κ3) is 5.22. The molecule has 1 aromatic carbocycles. The minimum atomic E-state index is 0.0306. The zero-order valence-corrected chi connectivity index (χ0v) is 14.7. The van der Waals surface area contributed by atoms with Gasteiger partial charge in [-0.2, -0.15) is 0 Å². The second kappa shape index (κ2) is 8.31. The SMILES string of the molecule is CCN(c1ccc(NC(=O)CN2CCOC(C)C2)cc1)C(C)C. The van der Waals surface area contributed by atoms with E-state index in [0.29, 0.717) is 19.2 Å². The van der Waals surface area contributed by atoms with E-state index in [1.165, 1.54) is 5.69 Å². The monoisotopic (exact) mass is 319 g/mol. The van der Waals surface area contributed by atoms with Crippen molar-refractivity contribution in [3.05, 3.63) is 24.3 Å². The van der Waals surface area contributed by atoms with Crippen molar-refractivity contribution in [2.75, 3.05) is 43.0 Å². The normalized spacial score (nSPS) is 18.9. The molecule has 0 spiro atoms. The first kappa shape index (κ1) is 17.8. The molecule has 1 amide bonds. The predicted octanol–water partition coefficient (Wildman–Crippen LogP) is 2.58. The average Bonchev–Trinajstić information content (AvgIpc) is 2.49. The summed E-state index contributed by atoms with van der Waals surface area (Å²) >= 11 is 0. The van der Waals surface area contributed by atoms with Crippen LogP contribution in [0.1, 0.15) is 27.7 Å². The van der Waals surface area contributed by atoms with Crippen molar-refractivity contribution in [1.29, 1.82) is 0 Å². The van der Waals surface area contributed by atoms with E-state index in [-0.39, 0.29) is 12.0 Å². The summed E-state index contributed by atoms with van der Waals surface area (Å²) in [7, 11) is 0. The summed E-state index contributed by atoms with van der Waals surface area (Å²) < 4.78 is 5.50. The molecule has 1 N–H and O–H groups in total. The van der Waals surface area contributed by atoms with Gasteiger partial charge in [-0.1, -0.05) is 0 Å². The second-order valence-corrected chi connectivity index (χ2v) is 6.39. The molecule has 1 saturated heterocycles.